The number of benzene rings is 1. The molecule has 0 fully saturated rings. The Bertz CT molecular complexity index is 248. The van der Waals surface area contributed by atoms with Gasteiger partial charge in [-0.1, -0.05) is 18.2 Å². The molecule has 12 heavy (non-hydrogen) atoms. The third-order valence-electron chi connectivity index (χ3n) is 1.15. The van der Waals surface area contributed by atoms with Crippen molar-refractivity contribution in [2.24, 2.45) is 0 Å². The van der Waals surface area contributed by atoms with Gasteiger partial charge in [0.05, 0.1) is 6.26 Å². The highest BCUT2D eigenvalue weighted by Crippen LogP contribution is 2.14. The summed E-state index contributed by atoms with van der Waals surface area (Å²) in [5.41, 5.74) is 0. The van der Waals surface area contributed by atoms with Gasteiger partial charge in [-0.2, -0.15) is 0 Å². The van der Waals surface area contributed by atoms with Crippen molar-refractivity contribution < 1.29 is 9.31 Å². The molecule has 0 N–H and O–H groups in total. The molecule has 0 aromatic heterocycles. The SMILES string of the molecule is C=CO[B]Oc1ccc(Cl)cc1. The first-order valence-electron chi connectivity index (χ1n) is 3.33. The summed E-state index contributed by atoms with van der Waals surface area (Å²) in [6.07, 6.45) is 1.27. The zero-order valence-electron chi connectivity index (χ0n) is 6.37. The number of rotatable bonds is 4. The molecular weight excluding hydrogens is 174 g/mol. The molecule has 0 spiro atoms. The first kappa shape index (κ1) is 9.01. The molecule has 1 rings (SSSR count). The van der Waals surface area contributed by atoms with Gasteiger partial charge in [-0.15, -0.1) is 0 Å². The second-order valence-electron chi connectivity index (χ2n) is 1.97. The van der Waals surface area contributed by atoms with Crippen molar-refractivity contribution in [3.05, 3.63) is 42.1 Å². The molecule has 1 radical (unpaired) electrons. The van der Waals surface area contributed by atoms with Crippen molar-refractivity contribution >= 4 is 19.3 Å². The van der Waals surface area contributed by atoms with Crippen LogP contribution in [0.5, 0.6) is 5.75 Å². The first-order chi connectivity index (χ1) is 5.83. The van der Waals surface area contributed by atoms with E-state index < -0.39 is 0 Å². The minimum atomic E-state index is 0.668. The zero-order chi connectivity index (χ0) is 8.81. The van der Waals surface area contributed by atoms with E-state index in [1.165, 1.54) is 13.9 Å². The van der Waals surface area contributed by atoms with E-state index in [-0.39, 0.29) is 0 Å². The lowest BCUT2D eigenvalue weighted by Crippen LogP contribution is -2.02. The van der Waals surface area contributed by atoms with Crippen LogP contribution < -0.4 is 4.65 Å². The van der Waals surface area contributed by atoms with Crippen molar-refractivity contribution in [2.75, 3.05) is 0 Å². The summed E-state index contributed by atoms with van der Waals surface area (Å²) < 4.78 is 9.68. The van der Waals surface area contributed by atoms with Crippen molar-refractivity contribution in [1.29, 1.82) is 0 Å². The standard InChI is InChI=1S/C8H7BClO2/c1-2-11-9-12-8-5-3-7(10)4-6-8/h2-6H,1H2. The van der Waals surface area contributed by atoms with Crippen LogP contribution in [0.1, 0.15) is 0 Å². The summed E-state index contributed by atoms with van der Waals surface area (Å²) in [4.78, 5) is 0. The molecule has 0 saturated carbocycles. The predicted molar refractivity (Wildman–Crippen MR) is 49.1 cm³/mol. The Labute approximate surface area is 77.1 Å². The highest BCUT2D eigenvalue weighted by atomic mass is 35.5. The van der Waals surface area contributed by atoms with E-state index in [4.69, 9.17) is 16.3 Å². The minimum absolute atomic E-state index is 0.668. The van der Waals surface area contributed by atoms with E-state index in [1.807, 2.05) is 0 Å². The smallest absolute Gasteiger partial charge is 0.533 e. The Kier molecular flexibility index (Phi) is 3.55. The van der Waals surface area contributed by atoms with Gasteiger partial charge in [-0.25, -0.2) is 0 Å². The Hall–Kier alpha value is -1.09. The van der Waals surface area contributed by atoms with Gasteiger partial charge < -0.3 is 9.31 Å². The van der Waals surface area contributed by atoms with Gasteiger partial charge in [0.15, 0.2) is 0 Å². The topological polar surface area (TPSA) is 18.5 Å². The van der Waals surface area contributed by atoms with E-state index in [1.54, 1.807) is 24.3 Å². The Balaban J connectivity index is 2.42. The molecule has 0 saturated heterocycles. The second kappa shape index (κ2) is 4.72. The van der Waals surface area contributed by atoms with Crippen molar-refractivity contribution in [3.63, 3.8) is 0 Å². The maximum Gasteiger partial charge on any atom is 0.657 e. The van der Waals surface area contributed by atoms with Crippen molar-refractivity contribution in [3.8, 4) is 5.75 Å². The van der Waals surface area contributed by atoms with E-state index in [9.17, 15) is 0 Å². The molecule has 1 aromatic carbocycles. The molecule has 0 heterocycles. The molecule has 0 aliphatic rings. The number of halogens is 1. The van der Waals surface area contributed by atoms with Gasteiger partial charge in [0.25, 0.3) is 0 Å². The van der Waals surface area contributed by atoms with Gasteiger partial charge in [0, 0.05) is 5.02 Å². The van der Waals surface area contributed by atoms with Crippen LogP contribution in [0.2, 0.25) is 5.02 Å². The Morgan fingerprint density at radius 1 is 1.33 bits per heavy atom. The fraction of sp³-hybridized carbons (Fsp3) is 0. The number of hydrogen-bond donors (Lipinski definition) is 0. The maximum absolute atomic E-state index is 5.66. The molecule has 0 aliphatic heterocycles. The molecule has 2 nitrogen and oxygen atoms in total. The van der Waals surface area contributed by atoms with Crippen LogP contribution in [0, 0.1) is 0 Å². The number of hydrogen-bond acceptors (Lipinski definition) is 2. The van der Waals surface area contributed by atoms with Gasteiger partial charge in [0.1, 0.15) is 5.75 Å². The zero-order valence-corrected chi connectivity index (χ0v) is 7.12. The third-order valence-corrected chi connectivity index (χ3v) is 1.40. The quantitative estimate of drug-likeness (QED) is 0.403. The first-order valence-corrected chi connectivity index (χ1v) is 3.71. The summed E-state index contributed by atoms with van der Waals surface area (Å²) in [7, 11) is 1.19. The summed E-state index contributed by atoms with van der Waals surface area (Å²) in [6.45, 7) is 3.35. The van der Waals surface area contributed by atoms with Crippen molar-refractivity contribution in [1.82, 2.24) is 0 Å². The van der Waals surface area contributed by atoms with Crippen LogP contribution >= 0.6 is 11.6 Å². The maximum atomic E-state index is 5.66. The minimum Gasteiger partial charge on any atom is -0.533 e. The average Bonchev–Trinajstić information content (AvgIpc) is 2.09. The average molecular weight is 181 g/mol. The normalized spacial score (nSPS) is 8.75. The molecular formula is C8H7BClO2. The summed E-state index contributed by atoms with van der Waals surface area (Å²) in [5, 5.41) is 0.673. The lowest BCUT2D eigenvalue weighted by atomic mass is 10.3. The van der Waals surface area contributed by atoms with Crippen LogP contribution in [0.15, 0.2) is 37.1 Å². The van der Waals surface area contributed by atoms with Crippen LogP contribution in [0.4, 0.5) is 0 Å². The molecule has 0 unspecified atom stereocenters. The monoisotopic (exact) mass is 181 g/mol. The largest absolute Gasteiger partial charge is 0.657 e. The van der Waals surface area contributed by atoms with E-state index >= 15 is 0 Å². The van der Waals surface area contributed by atoms with E-state index in [0.29, 0.717) is 10.8 Å². The molecule has 0 aliphatic carbocycles. The van der Waals surface area contributed by atoms with Crippen LogP contribution in [0.25, 0.3) is 0 Å². The molecule has 0 atom stereocenters. The van der Waals surface area contributed by atoms with E-state index in [0.717, 1.165) is 0 Å². The Morgan fingerprint density at radius 2 is 2.00 bits per heavy atom. The van der Waals surface area contributed by atoms with Crippen molar-refractivity contribution in [2.45, 2.75) is 0 Å². The molecule has 61 valence electrons. The highest BCUT2D eigenvalue weighted by Gasteiger charge is 1.96. The lowest BCUT2D eigenvalue weighted by molar-refractivity contribution is 0.414. The predicted octanol–water partition coefficient (Wildman–Crippen LogP) is 2.41. The van der Waals surface area contributed by atoms with E-state index in [2.05, 4.69) is 11.2 Å². The summed E-state index contributed by atoms with van der Waals surface area (Å²) in [5.74, 6) is 0.668. The van der Waals surface area contributed by atoms with Gasteiger partial charge in [-0.3, -0.25) is 0 Å². The van der Waals surface area contributed by atoms with Gasteiger partial charge >= 0.3 is 7.69 Å². The fourth-order valence-corrected chi connectivity index (χ4v) is 0.762. The summed E-state index contributed by atoms with van der Waals surface area (Å²) in [6, 6.07) is 6.95. The third kappa shape index (κ3) is 2.88. The lowest BCUT2D eigenvalue weighted by Gasteiger charge is -2.01. The van der Waals surface area contributed by atoms with Crippen LogP contribution in [-0.2, 0) is 4.65 Å². The fourth-order valence-electron chi connectivity index (χ4n) is 0.636. The molecule has 0 bridgehead atoms. The highest BCUT2D eigenvalue weighted by molar-refractivity contribution is 6.30. The van der Waals surface area contributed by atoms with Crippen LogP contribution in [0.3, 0.4) is 0 Å². The van der Waals surface area contributed by atoms with Crippen LogP contribution in [-0.4, -0.2) is 7.69 Å². The summed E-state index contributed by atoms with van der Waals surface area (Å²) >= 11 is 5.66. The van der Waals surface area contributed by atoms with Gasteiger partial charge in [0.2, 0.25) is 0 Å². The second-order valence-corrected chi connectivity index (χ2v) is 2.41. The molecule has 0 amide bonds. The molecule has 1 aromatic rings. The molecule has 4 heteroatoms. The van der Waals surface area contributed by atoms with Gasteiger partial charge in [-0.05, 0) is 24.3 Å². The Morgan fingerprint density at radius 3 is 2.58 bits per heavy atom.